The Hall–Kier alpha value is -1.94. The van der Waals surface area contributed by atoms with Crippen molar-refractivity contribution in [3.63, 3.8) is 0 Å². The van der Waals surface area contributed by atoms with E-state index in [2.05, 4.69) is 5.10 Å². The third-order valence-corrected chi connectivity index (χ3v) is 2.53. The number of Topliss-reactive ketones (excluding diaryl/α,β-unsaturated/α-hetero) is 1. The lowest BCUT2D eigenvalue weighted by atomic mass is 10.2. The number of carbonyl (C=O) groups is 1. The van der Waals surface area contributed by atoms with Crippen LogP contribution in [-0.4, -0.2) is 22.7 Å². The molecule has 2 rings (SSSR count). The number of para-hydroxylation sites is 1. The van der Waals surface area contributed by atoms with Crippen molar-refractivity contribution >= 4 is 5.78 Å². The van der Waals surface area contributed by atoms with Gasteiger partial charge in [-0.25, -0.2) is 4.68 Å². The van der Waals surface area contributed by atoms with Crippen molar-refractivity contribution in [3.8, 4) is 5.69 Å². The van der Waals surface area contributed by atoms with E-state index >= 15 is 0 Å². The van der Waals surface area contributed by atoms with Gasteiger partial charge in [-0.05, 0) is 19.1 Å². The third kappa shape index (κ3) is 2.26. The Morgan fingerprint density at radius 1 is 1.35 bits per heavy atom. The molecule has 0 fully saturated rings. The van der Waals surface area contributed by atoms with Crippen LogP contribution in [0.15, 0.2) is 36.5 Å². The van der Waals surface area contributed by atoms with Crippen LogP contribution in [-0.2, 0) is 11.3 Å². The Labute approximate surface area is 99.8 Å². The lowest BCUT2D eigenvalue weighted by molar-refractivity contribution is 0.101. The van der Waals surface area contributed by atoms with Crippen LogP contribution in [0.25, 0.3) is 5.69 Å². The summed E-state index contributed by atoms with van der Waals surface area (Å²) in [6, 6.07) is 9.68. The summed E-state index contributed by atoms with van der Waals surface area (Å²) in [5, 5.41) is 4.24. The number of carbonyl (C=O) groups excluding carboxylic acids is 1. The molecule has 0 atom stereocenters. The molecule has 17 heavy (non-hydrogen) atoms. The molecule has 88 valence electrons. The van der Waals surface area contributed by atoms with Crippen LogP contribution < -0.4 is 0 Å². The fourth-order valence-electron chi connectivity index (χ4n) is 1.74. The highest BCUT2D eigenvalue weighted by molar-refractivity contribution is 5.95. The summed E-state index contributed by atoms with van der Waals surface area (Å²) in [5.41, 5.74) is 2.31. The van der Waals surface area contributed by atoms with E-state index in [0.29, 0.717) is 12.2 Å². The minimum absolute atomic E-state index is 0.000712. The number of hydrogen-bond donors (Lipinski definition) is 0. The average molecular weight is 230 g/mol. The van der Waals surface area contributed by atoms with Crippen molar-refractivity contribution in [3.05, 3.63) is 47.8 Å². The van der Waals surface area contributed by atoms with Gasteiger partial charge in [0.2, 0.25) is 0 Å². The monoisotopic (exact) mass is 230 g/mol. The molecule has 0 aliphatic carbocycles. The number of ketones is 1. The van der Waals surface area contributed by atoms with Crippen molar-refractivity contribution in [1.29, 1.82) is 0 Å². The second-order valence-corrected chi connectivity index (χ2v) is 3.74. The summed E-state index contributed by atoms with van der Waals surface area (Å²) < 4.78 is 6.86. The van der Waals surface area contributed by atoms with Gasteiger partial charge in [-0.15, -0.1) is 0 Å². The van der Waals surface area contributed by atoms with Crippen LogP contribution in [0.1, 0.15) is 23.0 Å². The lowest BCUT2D eigenvalue weighted by Gasteiger charge is -2.07. The molecule has 0 unspecified atom stereocenters. The molecule has 4 nitrogen and oxygen atoms in total. The maximum atomic E-state index is 11.5. The highest BCUT2D eigenvalue weighted by atomic mass is 16.5. The Bertz CT molecular complexity index is 517. The standard InChI is InChI=1S/C13H14N2O2/c1-10(16)12-8-14-15(13(12)9-17-2)11-6-4-3-5-7-11/h3-8H,9H2,1-2H3. The molecular formula is C13H14N2O2. The van der Waals surface area contributed by atoms with E-state index < -0.39 is 0 Å². The van der Waals surface area contributed by atoms with Gasteiger partial charge in [-0.2, -0.15) is 5.10 Å². The summed E-state index contributed by atoms with van der Waals surface area (Å²) in [6.45, 7) is 1.90. The number of methoxy groups -OCH3 is 1. The molecule has 0 bridgehead atoms. The van der Waals surface area contributed by atoms with Crippen LogP contribution >= 0.6 is 0 Å². The number of benzene rings is 1. The number of aromatic nitrogens is 2. The normalized spacial score (nSPS) is 10.5. The van der Waals surface area contributed by atoms with Crippen LogP contribution in [0.5, 0.6) is 0 Å². The summed E-state index contributed by atoms with van der Waals surface area (Å²) >= 11 is 0. The minimum Gasteiger partial charge on any atom is -0.378 e. The van der Waals surface area contributed by atoms with Crippen molar-refractivity contribution in [2.45, 2.75) is 13.5 Å². The molecule has 0 radical (unpaired) electrons. The van der Waals surface area contributed by atoms with Gasteiger partial charge in [0.05, 0.1) is 29.7 Å². The zero-order chi connectivity index (χ0) is 12.3. The second kappa shape index (κ2) is 4.93. The van der Waals surface area contributed by atoms with E-state index in [4.69, 9.17) is 4.74 Å². The molecule has 0 spiro atoms. The van der Waals surface area contributed by atoms with Gasteiger partial charge in [0.1, 0.15) is 0 Å². The number of hydrogen-bond acceptors (Lipinski definition) is 3. The Kier molecular flexibility index (Phi) is 3.35. The van der Waals surface area contributed by atoms with E-state index in [9.17, 15) is 4.79 Å². The first-order chi connectivity index (χ1) is 8.24. The van der Waals surface area contributed by atoms with Gasteiger partial charge in [-0.3, -0.25) is 4.79 Å². The molecule has 4 heteroatoms. The first kappa shape index (κ1) is 11.5. The van der Waals surface area contributed by atoms with Gasteiger partial charge < -0.3 is 4.74 Å². The highest BCUT2D eigenvalue weighted by Gasteiger charge is 2.14. The Morgan fingerprint density at radius 2 is 2.06 bits per heavy atom. The maximum Gasteiger partial charge on any atom is 0.163 e. The number of ether oxygens (including phenoxy) is 1. The predicted octanol–water partition coefficient (Wildman–Crippen LogP) is 2.22. The SMILES string of the molecule is COCc1c(C(C)=O)cnn1-c1ccccc1. The first-order valence-electron chi connectivity index (χ1n) is 5.36. The number of nitrogens with zero attached hydrogens (tertiary/aromatic N) is 2. The maximum absolute atomic E-state index is 11.5. The van der Waals surface area contributed by atoms with Gasteiger partial charge >= 0.3 is 0 Å². The summed E-state index contributed by atoms with van der Waals surface area (Å²) in [7, 11) is 1.60. The van der Waals surface area contributed by atoms with Crippen molar-refractivity contribution in [1.82, 2.24) is 9.78 Å². The number of rotatable bonds is 4. The smallest absolute Gasteiger partial charge is 0.163 e. The Morgan fingerprint density at radius 3 is 2.65 bits per heavy atom. The van der Waals surface area contributed by atoms with Gasteiger partial charge in [0, 0.05) is 7.11 Å². The third-order valence-electron chi connectivity index (χ3n) is 2.53. The summed E-state index contributed by atoms with van der Waals surface area (Å²) in [5.74, 6) is -0.000712. The fraction of sp³-hybridized carbons (Fsp3) is 0.231. The molecule has 0 amide bonds. The minimum atomic E-state index is -0.000712. The highest BCUT2D eigenvalue weighted by Crippen LogP contribution is 2.16. The van der Waals surface area contributed by atoms with Crippen molar-refractivity contribution < 1.29 is 9.53 Å². The quantitative estimate of drug-likeness (QED) is 0.756. The largest absolute Gasteiger partial charge is 0.378 e. The fourth-order valence-corrected chi connectivity index (χ4v) is 1.74. The molecule has 0 aliphatic heterocycles. The molecule has 0 aliphatic rings. The molecule has 0 saturated heterocycles. The van der Waals surface area contributed by atoms with Gasteiger partial charge in [0.25, 0.3) is 0 Å². The lowest BCUT2D eigenvalue weighted by Crippen LogP contribution is -2.06. The first-order valence-corrected chi connectivity index (χ1v) is 5.36. The topological polar surface area (TPSA) is 44.1 Å². The van der Waals surface area contributed by atoms with Gasteiger partial charge in [-0.1, -0.05) is 18.2 Å². The zero-order valence-corrected chi connectivity index (χ0v) is 9.88. The molecule has 0 saturated carbocycles. The van der Waals surface area contributed by atoms with E-state index in [1.165, 1.54) is 6.92 Å². The van der Waals surface area contributed by atoms with Gasteiger partial charge in [0.15, 0.2) is 5.78 Å². The van der Waals surface area contributed by atoms with Crippen molar-refractivity contribution in [2.24, 2.45) is 0 Å². The zero-order valence-electron chi connectivity index (χ0n) is 9.88. The van der Waals surface area contributed by atoms with E-state index in [-0.39, 0.29) is 5.78 Å². The van der Waals surface area contributed by atoms with E-state index in [0.717, 1.165) is 11.4 Å². The van der Waals surface area contributed by atoms with Crippen LogP contribution in [0.4, 0.5) is 0 Å². The van der Waals surface area contributed by atoms with E-state index in [1.54, 1.807) is 18.0 Å². The van der Waals surface area contributed by atoms with Crippen LogP contribution in [0, 0.1) is 0 Å². The molecular weight excluding hydrogens is 216 g/mol. The summed E-state index contributed by atoms with van der Waals surface area (Å²) in [4.78, 5) is 11.5. The summed E-state index contributed by atoms with van der Waals surface area (Å²) in [6.07, 6.45) is 1.59. The predicted molar refractivity (Wildman–Crippen MR) is 64.3 cm³/mol. The second-order valence-electron chi connectivity index (χ2n) is 3.74. The van der Waals surface area contributed by atoms with Crippen molar-refractivity contribution in [2.75, 3.05) is 7.11 Å². The molecule has 1 aromatic heterocycles. The molecule has 1 aromatic carbocycles. The molecule has 2 aromatic rings. The van der Waals surface area contributed by atoms with Crippen LogP contribution in [0.2, 0.25) is 0 Å². The van der Waals surface area contributed by atoms with Crippen LogP contribution in [0.3, 0.4) is 0 Å². The average Bonchev–Trinajstić information content (AvgIpc) is 2.75. The Balaban J connectivity index is 2.51. The molecule has 1 heterocycles. The molecule has 0 N–H and O–H groups in total. The van der Waals surface area contributed by atoms with E-state index in [1.807, 2.05) is 30.3 Å².